The Hall–Kier alpha value is -1.88. The van der Waals surface area contributed by atoms with Crippen LogP contribution in [0.5, 0.6) is 0 Å². The molecule has 3 rings (SSSR count). The Labute approximate surface area is 123 Å². The molecule has 1 amide bonds. The van der Waals surface area contributed by atoms with Gasteiger partial charge in [0.05, 0.1) is 18.8 Å². The van der Waals surface area contributed by atoms with E-state index in [0.29, 0.717) is 13.0 Å². The first kappa shape index (κ1) is 14.1. The molecule has 2 fully saturated rings. The van der Waals surface area contributed by atoms with Crippen molar-refractivity contribution in [2.75, 3.05) is 6.61 Å². The smallest absolute Gasteiger partial charge is 0.329 e. The van der Waals surface area contributed by atoms with E-state index < -0.39 is 12.1 Å². The van der Waals surface area contributed by atoms with E-state index in [2.05, 4.69) is 0 Å². The highest BCUT2D eigenvalue weighted by Gasteiger charge is 2.45. The molecule has 21 heavy (non-hydrogen) atoms. The van der Waals surface area contributed by atoms with Crippen LogP contribution in [-0.4, -0.2) is 41.6 Å². The van der Waals surface area contributed by atoms with Gasteiger partial charge in [-0.2, -0.15) is 0 Å². The van der Waals surface area contributed by atoms with Crippen molar-refractivity contribution in [1.82, 2.24) is 4.90 Å². The largest absolute Gasteiger partial charge is 0.451 e. The number of benzene rings is 1. The summed E-state index contributed by atoms with van der Waals surface area (Å²) in [7, 11) is 0. The Balaban J connectivity index is 1.89. The second-order valence-corrected chi connectivity index (χ2v) is 5.62. The van der Waals surface area contributed by atoms with Crippen LogP contribution in [0.15, 0.2) is 30.3 Å². The minimum atomic E-state index is -0.722. The molecule has 0 spiro atoms. The van der Waals surface area contributed by atoms with Crippen molar-refractivity contribution < 1.29 is 19.1 Å². The Bertz CT molecular complexity index is 540. The lowest BCUT2D eigenvalue weighted by molar-refractivity contribution is -0.180. The summed E-state index contributed by atoms with van der Waals surface area (Å²) in [5.74, 6) is -0.475. The highest BCUT2D eigenvalue weighted by Crippen LogP contribution is 2.31. The van der Waals surface area contributed by atoms with Gasteiger partial charge < -0.3 is 14.4 Å². The first-order valence-electron chi connectivity index (χ1n) is 7.27. The molecule has 2 saturated heterocycles. The maximum absolute atomic E-state index is 12.5. The highest BCUT2D eigenvalue weighted by atomic mass is 16.6. The van der Waals surface area contributed by atoms with Crippen LogP contribution in [0, 0.1) is 0 Å². The Morgan fingerprint density at radius 3 is 2.57 bits per heavy atom. The molecule has 0 N–H and O–H groups in total. The summed E-state index contributed by atoms with van der Waals surface area (Å²) in [4.78, 5) is 26.4. The van der Waals surface area contributed by atoms with E-state index in [1.807, 2.05) is 37.3 Å². The zero-order valence-corrected chi connectivity index (χ0v) is 12.2. The van der Waals surface area contributed by atoms with Crippen LogP contribution >= 0.6 is 0 Å². The molecule has 4 atom stereocenters. The van der Waals surface area contributed by atoms with Gasteiger partial charge in [-0.3, -0.25) is 4.79 Å². The van der Waals surface area contributed by atoms with Crippen molar-refractivity contribution in [3.63, 3.8) is 0 Å². The van der Waals surface area contributed by atoms with Gasteiger partial charge in [0.2, 0.25) is 0 Å². The van der Waals surface area contributed by atoms with Gasteiger partial charge >= 0.3 is 5.97 Å². The third-order valence-corrected chi connectivity index (χ3v) is 4.09. The van der Waals surface area contributed by atoms with Gasteiger partial charge in [0.1, 0.15) is 6.04 Å². The molecular weight excluding hydrogens is 270 g/mol. The number of epoxide rings is 1. The van der Waals surface area contributed by atoms with Crippen molar-refractivity contribution in [2.24, 2.45) is 0 Å². The summed E-state index contributed by atoms with van der Waals surface area (Å²) in [6.07, 6.45) is -0.150. The zero-order chi connectivity index (χ0) is 15.0. The molecule has 2 aliphatic heterocycles. The number of carbonyl (C=O) groups is 2. The van der Waals surface area contributed by atoms with Crippen molar-refractivity contribution in [3.8, 4) is 0 Å². The van der Waals surface area contributed by atoms with Crippen LogP contribution in [-0.2, 0) is 19.1 Å². The maximum Gasteiger partial charge on any atom is 0.329 e. The molecule has 2 aliphatic rings. The number of morpholine rings is 1. The summed E-state index contributed by atoms with van der Waals surface area (Å²) in [5, 5.41) is 0. The topological polar surface area (TPSA) is 59.1 Å². The van der Waals surface area contributed by atoms with E-state index >= 15 is 0 Å². The minimum Gasteiger partial charge on any atom is -0.451 e. The van der Waals surface area contributed by atoms with E-state index in [9.17, 15) is 9.59 Å². The number of hydrogen-bond acceptors (Lipinski definition) is 4. The number of carbonyl (C=O) groups excluding carboxylic acids is 2. The van der Waals surface area contributed by atoms with Gasteiger partial charge in [0, 0.05) is 6.42 Å². The molecule has 112 valence electrons. The fourth-order valence-electron chi connectivity index (χ4n) is 2.80. The van der Waals surface area contributed by atoms with E-state index in [1.54, 1.807) is 11.8 Å². The molecule has 0 bridgehead atoms. The number of cyclic esters (lactones) is 1. The molecule has 5 heteroatoms. The third-order valence-electron chi connectivity index (χ3n) is 4.09. The first-order chi connectivity index (χ1) is 10.1. The lowest BCUT2D eigenvalue weighted by atomic mass is 10.00. The van der Waals surface area contributed by atoms with Gasteiger partial charge in [-0.15, -0.1) is 0 Å². The predicted molar refractivity (Wildman–Crippen MR) is 75.4 cm³/mol. The second kappa shape index (κ2) is 5.48. The van der Waals surface area contributed by atoms with E-state index in [0.717, 1.165) is 5.56 Å². The van der Waals surface area contributed by atoms with E-state index in [-0.39, 0.29) is 24.0 Å². The Morgan fingerprint density at radius 2 is 1.95 bits per heavy atom. The van der Waals surface area contributed by atoms with Gasteiger partial charge in [-0.05, 0) is 19.4 Å². The number of esters is 1. The van der Waals surface area contributed by atoms with E-state index in [4.69, 9.17) is 9.47 Å². The summed E-state index contributed by atoms with van der Waals surface area (Å²) < 4.78 is 10.4. The molecule has 5 nitrogen and oxygen atoms in total. The quantitative estimate of drug-likeness (QED) is 0.625. The molecule has 0 aromatic heterocycles. The lowest BCUT2D eigenvalue weighted by Crippen LogP contribution is -2.56. The average molecular weight is 289 g/mol. The van der Waals surface area contributed by atoms with Gasteiger partial charge in [0.15, 0.2) is 6.10 Å². The van der Waals surface area contributed by atoms with Gasteiger partial charge in [-0.1, -0.05) is 30.3 Å². The van der Waals surface area contributed by atoms with Crippen LogP contribution in [0.25, 0.3) is 0 Å². The van der Waals surface area contributed by atoms with Crippen LogP contribution in [0.1, 0.15) is 31.9 Å². The highest BCUT2D eigenvalue weighted by molar-refractivity contribution is 5.92. The molecule has 1 aromatic carbocycles. The number of hydrogen-bond donors (Lipinski definition) is 0. The van der Waals surface area contributed by atoms with E-state index in [1.165, 1.54) is 0 Å². The molecule has 2 heterocycles. The minimum absolute atomic E-state index is 0.0641. The summed E-state index contributed by atoms with van der Waals surface area (Å²) in [6.45, 7) is 4.22. The average Bonchev–Trinajstić information content (AvgIpc) is 3.29. The maximum atomic E-state index is 12.5. The summed E-state index contributed by atoms with van der Waals surface area (Å²) in [6, 6.07) is 9.00. The SMILES string of the molecule is C[C@H]1OC(=O)[C@H](C[C@H]2CO2)N([C@@H](C)c2ccccc2)C1=O. The van der Waals surface area contributed by atoms with Crippen LogP contribution in [0.3, 0.4) is 0 Å². The fourth-order valence-corrected chi connectivity index (χ4v) is 2.80. The van der Waals surface area contributed by atoms with Crippen molar-refractivity contribution in [3.05, 3.63) is 35.9 Å². The van der Waals surface area contributed by atoms with Crippen molar-refractivity contribution in [1.29, 1.82) is 0 Å². The predicted octanol–water partition coefficient (Wildman–Crippen LogP) is 1.68. The Kier molecular flexibility index (Phi) is 3.68. The third kappa shape index (κ3) is 2.78. The normalized spacial score (nSPS) is 30.0. The monoisotopic (exact) mass is 289 g/mol. The second-order valence-electron chi connectivity index (χ2n) is 5.62. The molecule has 0 radical (unpaired) electrons. The molecule has 0 unspecified atom stereocenters. The zero-order valence-electron chi connectivity index (χ0n) is 12.2. The molecule has 0 aliphatic carbocycles. The number of nitrogens with zero attached hydrogens (tertiary/aromatic N) is 1. The molecule has 1 aromatic rings. The first-order valence-corrected chi connectivity index (χ1v) is 7.27. The van der Waals surface area contributed by atoms with Crippen LogP contribution in [0.2, 0.25) is 0 Å². The number of ether oxygens (including phenoxy) is 2. The molecular formula is C16H19NO4. The Morgan fingerprint density at radius 1 is 1.29 bits per heavy atom. The summed E-state index contributed by atoms with van der Waals surface area (Å²) in [5.41, 5.74) is 1.01. The number of amides is 1. The van der Waals surface area contributed by atoms with Gasteiger partial charge in [0.25, 0.3) is 5.91 Å². The standard InChI is InChI=1S/C16H19NO4/c1-10(12-6-4-3-5-7-12)17-14(8-13-9-20-13)16(19)21-11(2)15(17)18/h3-7,10-11,13-14H,8-9H2,1-2H3/t10-,11+,13-,14-/m0/s1. The summed E-state index contributed by atoms with van der Waals surface area (Å²) >= 11 is 0. The molecule has 0 saturated carbocycles. The van der Waals surface area contributed by atoms with Crippen molar-refractivity contribution >= 4 is 11.9 Å². The van der Waals surface area contributed by atoms with Crippen LogP contribution in [0.4, 0.5) is 0 Å². The van der Waals surface area contributed by atoms with Crippen LogP contribution < -0.4 is 0 Å². The lowest BCUT2D eigenvalue weighted by Gasteiger charge is -2.40. The number of rotatable bonds is 4. The fraction of sp³-hybridized carbons (Fsp3) is 0.500. The van der Waals surface area contributed by atoms with Crippen molar-refractivity contribution in [2.45, 2.75) is 44.6 Å². The van der Waals surface area contributed by atoms with Gasteiger partial charge in [-0.25, -0.2) is 4.79 Å².